The van der Waals surface area contributed by atoms with E-state index in [1.165, 1.54) is 13.5 Å². The number of oxazole rings is 1. The van der Waals surface area contributed by atoms with E-state index in [-0.39, 0.29) is 36.3 Å². The van der Waals surface area contributed by atoms with E-state index in [2.05, 4.69) is 63.3 Å². The van der Waals surface area contributed by atoms with Crippen LogP contribution in [0.5, 0.6) is 0 Å². The van der Waals surface area contributed by atoms with Gasteiger partial charge in [-0.1, -0.05) is 46.2 Å². The number of benzene rings is 2. The molecule has 2 amide bonds. The number of ether oxygens (including phenoxy) is 1. The maximum absolute atomic E-state index is 13.3. The van der Waals surface area contributed by atoms with Crippen LogP contribution in [-0.2, 0) is 30.3 Å². The van der Waals surface area contributed by atoms with Crippen LogP contribution in [0.2, 0.25) is 0 Å². The normalized spacial score (nSPS) is 13.7. The molecule has 0 bridgehead atoms. The zero-order valence-electron chi connectivity index (χ0n) is 34.6. The van der Waals surface area contributed by atoms with Crippen molar-refractivity contribution in [1.29, 1.82) is 0 Å². The molecule has 58 heavy (non-hydrogen) atoms. The number of hydrogen-bond donors (Lipinski definition) is 6. The van der Waals surface area contributed by atoms with Crippen LogP contribution < -0.4 is 16.0 Å². The van der Waals surface area contributed by atoms with Crippen molar-refractivity contribution in [3.05, 3.63) is 66.5 Å². The summed E-state index contributed by atoms with van der Waals surface area (Å²) in [5.41, 5.74) is 6.17. The highest BCUT2D eigenvalue weighted by molar-refractivity contribution is 5.83. The average Bonchev–Trinajstić information content (AvgIpc) is 4.05. The van der Waals surface area contributed by atoms with Gasteiger partial charge in [0.1, 0.15) is 17.2 Å². The molecule has 3 aromatic heterocycles. The number of nitrogens with zero attached hydrogens (tertiary/aromatic N) is 4. The molecule has 6 N–H and O–H groups in total. The van der Waals surface area contributed by atoms with Gasteiger partial charge in [-0.3, -0.25) is 19.2 Å². The van der Waals surface area contributed by atoms with Crippen LogP contribution >= 0.6 is 0 Å². The topological polar surface area (TPSA) is 220 Å². The number of H-pyrrole nitrogens is 2. The maximum atomic E-state index is 13.3. The van der Waals surface area contributed by atoms with Crippen molar-refractivity contribution in [3.63, 3.8) is 0 Å². The van der Waals surface area contributed by atoms with Crippen molar-refractivity contribution in [3.8, 4) is 34.0 Å². The molecular weight excluding hydrogens is 743 g/mol. The molecule has 1 aliphatic rings. The van der Waals surface area contributed by atoms with E-state index in [0.29, 0.717) is 31.0 Å². The summed E-state index contributed by atoms with van der Waals surface area (Å²) in [6, 6.07) is 13.8. The quantitative estimate of drug-likeness (QED) is 0.0551. The van der Waals surface area contributed by atoms with Gasteiger partial charge in [-0.25, -0.2) is 15.0 Å². The van der Waals surface area contributed by atoms with Crippen LogP contribution in [0.15, 0.2) is 59.3 Å². The first kappa shape index (κ1) is 46.5. The monoisotopic (exact) mass is 801 g/mol. The summed E-state index contributed by atoms with van der Waals surface area (Å²) >= 11 is 0. The molecule has 5 aromatic rings. The van der Waals surface area contributed by atoms with E-state index >= 15 is 0 Å². The number of carbonyl (C=O) groups excluding carboxylic acids is 3. The van der Waals surface area contributed by atoms with E-state index < -0.39 is 0 Å². The maximum Gasteiger partial charge on any atom is 0.292 e. The molecule has 4 heterocycles. The number of carboxylic acid groups (broad SMARTS) is 1. The molecule has 1 saturated heterocycles. The second-order valence-corrected chi connectivity index (χ2v) is 13.9. The van der Waals surface area contributed by atoms with Gasteiger partial charge in [0.15, 0.2) is 5.58 Å². The zero-order valence-corrected chi connectivity index (χ0v) is 34.6. The second kappa shape index (κ2) is 24.7. The molecule has 0 spiro atoms. The van der Waals surface area contributed by atoms with Gasteiger partial charge in [-0.15, -0.1) is 0 Å². The number of nitrogens with one attached hydrogen (secondary N) is 5. The Labute approximate surface area is 340 Å². The number of carbonyl (C=O) groups is 4. The minimum atomic E-state index is -0.250. The summed E-state index contributed by atoms with van der Waals surface area (Å²) in [7, 11) is 4.92. The summed E-state index contributed by atoms with van der Waals surface area (Å²) in [4.78, 5) is 65.0. The van der Waals surface area contributed by atoms with Gasteiger partial charge in [-0.2, -0.15) is 0 Å². The van der Waals surface area contributed by atoms with Gasteiger partial charge in [0.2, 0.25) is 17.7 Å². The van der Waals surface area contributed by atoms with Gasteiger partial charge in [0.25, 0.3) is 12.9 Å². The van der Waals surface area contributed by atoms with Crippen LogP contribution in [0, 0.1) is 5.92 Å². The van der Waals surface area contributed by atoms with E-state index in [4.69, 9.17) is 29.1 Å². The third kappa shape index (κ3) is 13.4. The third-order valence-corrected chi connectivity index (χ3v) is 9.06. The number of hydrogen-bond acceptors (Lipinski definition) is 11. The minimum Gasteiger partial charge on any atom is -0.483 e. The van der Waals surface area contributed by atoms with Crippen molar-refractivity contribution in [2.45, 2.75) is 78.3 Å². The van der Waals surface area contributed by atoms with E-state index in [0.717, 1.165) is 83.9 Å². The fourth-order valence-electron chi connectivity index (χ4n) is 6.40. The Morgan fingerprint density at radius 1 is 1.00 bits per heavy atom. The molecule has 0 aliphatic carbocycles. The SMILES string of the molecule is CCC.CNCC(=O)NCCCCc1ncc(-c2ccc3oc(-c4ccc(-c5cnc(C6CCCN6C(=O)C(NC)C(C)C)[nH]5)cc4)nc3c2)[nH]1.COC=O.O=CO. The second-order valence-electron chi connectivity index (χ2n) is 13.9. The number of unbranched alkanes of at least 4 members (excludes halogenated alkanes) is 1. The smallest absolute Gasteiger partial charge is 0.292 e. The van der Waals surface area contributed by atoms with Crippen LogP contribution in [0.25, 0.3) is 45.1 Å². The number of amides is 2. The Morgan fingerprint density at radius 3 is 2.28 bits per heavy atom. The van der Waals surface area contributed by atoms with Gasteiger partial charge in [0.05, 0.1) is 49.5 Å². The highest BCUT2D eigenvalue weighted by Gasteiger charge is 2.36. The third-order valence-electron chi connectivity index (χ3n) is 9.06. The number of methoxy groups -OCH3 is 1. The summed E-state index contributed by atoms with van der Waals surface area (Å²) in [5.74, 6) is 2.64. The molecule has 6 rings (SSSR count). The average molecular weight is 802 g/mol. The molecule has 1 fully saturated rings. The van der Waals surface area contributed by atoms with Crippen molar-refractivity contribution < 1.29 is 33.4 Å². The fourth-order valence-corrected chi connectivity index (χ4v) is 6.40. The van der Waals surface area contributed by atoms with Crippen LogP contribution in [0.4, 0.5) is 0 Å². The highest BCUT2D eigenvalue weighted by atomic mass is 16.5. The van der Waals surface area contributed by atoms with Crippen molar-refractivity contribution in [2.24, 2.45) is 5.92 Å². The minimum absolute atomic E-state index is 0.0104. The fraction of sp³-hybridized carbons (Fsp3) is 0.452. The van der Waals surface area contributed by atoms with Crippen molar-refractivity contribution >= 4 is 35.9 Å². The molecule has 0 radical (unpaired) electrons. The number of aromatic amines is 2. The van der Waals surface area contributed by atoms with Gasteiger partial charge >= 0.3 is 0 Å². The number of likely N-dealkylation sites (N-methyl/N-ethyl adjacent to an activating group) is 2. The lowest BCUT2D eigenvalue weighted by Crippen LogP contribution is -2.47. The number of aryl methyl sites for hydroxylation is 1. The Hall–Kier alpha value is -5.87. The lowest BCUT2D eigenvalue weighted by Gasteiger charge is -2.29. The van der Waals surface area contributed by atoms with Crippen LogP contribution in [0.3, 0.4) is 0 Å². The predicted molar refractivity (Wildman–Crippen MR) is 224 cm³/mol. The summed E-state index contributed by atoms with van der Waals surface area (Å²) in [5, 5.41) is 15.8. The highest BCUT2D eigenvalue weighted by Crippen LogP contribution is 2.34. The standard InChI is InChI=1S/C36H45N9O3.C3H8.C2H4O2.CH2O2/c1-22(2)33(38-4)36(47)45-17-7-8-29(45)34-41-20-27(43-34)23-10-12-24(13-11-23)35-44-26-18-25(14-15-30(26)48-35)28-19-40-31(42-28)9-5-6-16-39-32(46)21-37-3;1-3-2;1-4-2-3;2-1-3/h10-15,18-20,22,29,33,37-38H,5-9,16-17,21H2,1-4H3,(H,39,46)(H,40,42)(H,41,43);3H2,1-2H3;2H,1H3;1H,(H,2,3). The molecule has 2 atom stereocenters. The van der Waals surface area contributed by atoms with E-state index in [1.54, 1.807) is 7.05 Å². The van der Waals surface area contributed by atoms with Gasteiger partial charge in [-0.05, 0) is 81.6 Å². The van der Waals surface area contributed by atoms with Crippen molar-refractivity contribution in [1.82, 2.24) is 45.8 Å². The van der Waals surface area contributed by atoms with Gasteiger partial charge < -0.3 is 45.1 Å². The number of imidazole rings is 2. The Balaban J connectivity index is 0.000000814. The van der Waals surface area contributed by atoms with Crippen molar-refractivity contribution in [2.75, 3.05) is 40.8 Å². The Bertz CT molecular complexity index is 1990. The molecule has 2 aromatic carbocycles. The summed E-state index contributed by atoms with van der Waals surface area (Å²) < 4.78 is 9.98. The summed E-state index contributed by atoms with van der Waals surface area (Å²) in [6.07, 6.45) is 9.42. The number of aromatic nitrogens is 5. The number of fused-ring (bicyclic) bond motifs is 1. The van der Waals surface area contributed by atoms with Crippen LogP contribution in [-0.4, -0.2) is 107 Å². The molecule has 1 aliphatic heterocycles. The molecular formula is C42H59N9O7. The van der Waals surface area contributed by atoms with Gasteiger partial charge in [0, 0.05) is 30.6 Å². The largest absolute Gasteiger partial charge is 0.483 e. The Kier molecular flexibility index (Phi) is 19.8. The lowest BCUT2D eigenvalue weighted by atomic mass is 10.0. The Morgan fingerprint density at radius 2 is 1.64 bits per heavy atom. The molecule has 16 heteroatoms. The predicted octanol–water partition coefficient (Wildman–Crippen LogP) is 5.75. The summed E-state index contributed by atoms with van der Waals surface area (Å²) in [6.45, 7) is 10.2. The lowest BCUT2D eigenvalue weighted by molar-refractivity contribution is -0.135. The molecule has 314 valence electrons. The first-order valence-corrected chi connectivity index (χ1v) is 19.6. The molecule has 0 saturated carbocycles. The zero-order chi connectivity index (χ0) is 42.5. The number of rotatable bonds is 15. The van der Waals surface area contributed by atoms with Crippen LogP contribution in [0.1, 0.15) is 77.5 Å². The first-order chi connectivity index (χ1) is 28.1. The molecule has 2 unspecified atom stereocenters. The van der Waals surface area contributed by atoms with E-state index in [9.17, 15) is 9.59 Å². The first-order valence-electron chi connectivity index (χ1n) is 19.6. The number of likely N-dealkylation sites (tertiary alicyclic amines) is 1. The van der Waals surface area contributed by atoms with E-state index in [1.807, 2.05) is 66.8 Å². The molecule has 16 nitrogen and oxygen atoms in total.